The summed E-state index contributed by atoms with van der Waals surface area (Å²) in [5, 5.41) is 0. The normalized spacial score (nSPS) is 12.5. The van der Waals surface area contributed by atoms with Crippen molar-refractivity contribution < 1.29 is 19.1 Å². The molecule has 1 aliphatic rings. The Morgan fingerprint density at radius 3 is 2.57 bits per heavy atom. The van der Waals surface area contributed by atoms with Gasteiger partial charge in [0, 0.05) is 26.2 Å². The number of nitrogens with zero attached hydrogens (tertiary/aromatic N) is 2. The zero-order valence-electron chi connectivity index (χ0n) is 13.7. The first-order valence-corrected chi connectivity index (χ1v) is 7.65. The molecule has 6 nitrogen and oxygen atoms in total. The summed E-state index contributed by atoms with van der Waals surface area (Å²) in [6.45, 7) is 5.42. The monoisotopic (exact) mass is 318 g/mol. The highest BCUT2D eigenvalue weighted by Gasteiger charge is 2.15. The van der Waals surface area contributed by atoms with Crippen molar-refractivity contribution in [1.82, 2.24) is 9.80 Å². The Morgan fingerprint density at radius 1 is 1.17 bits per heavy atom. The molecule has 0 spiro atoms. The van der Waals surface area contributed by atoms with Crippen LogP contribution < -0.4 is 9.47 Å². The van der Waals surface area contributed by atoms with Gasteiger partial charge in [0.15, 0.2) is 11.5 Å². The summed E-state index contributed by atoms with van der Waals surface area (Å²) in [5.41, 5.74) is 0.839. The number of carbonyl (C=O) groups is 2. The number of benzene rings is 1. The topological polar surface area (TPSA) is 59.1 Å². The summed E-state index contributed by atoms with van der Waals surface area (Å²) in [5.74, 6) is 1.10. The second-order valence-corrected chi connectivity index (χ2v) is 5.21. The molecule has 23 heavy (non-hydrogen) atoms. The first-order valence-electron chi connectivity index (χ1n) is 7.65. The maximum absolute atomic E-state index is 12.1. The predicted molar refractivity (Wildman–Crippen MR) is 87.2 cm³/mol. The third-order valence-electron chi connectivity index (χ3n) is 3.68. The lowest BCUT2D eigenvalue weighted by Crippen LogP contribution is -2.40. The third kappa shape index (κ3) is 4.25. The SMILES string of the molecule is CCN(CC)C(=O)CN(C)C(=O)/C=C/c1ccc2c(c1)OCO2. The largest absolute Gasteiger partial charge is 0.454 e. The fourth-order valence-electron chi connectivity index (χ4n) is 2.27. The van der Waals surface area contributed by atoms with Crippen LogP contribution in [0.15, 0.2) is 24.3 Å². The van der Waals surface area contributed by atoms with Crippen LogP contribution in [0, 0.1) is 0 Å². The summed E-state index contributed by atoms with van der Waals surface area (Å²) in [6.07, 6.45) is 3.15. The minimum absolute atomic E-state index is 0.0534. The van der Waals surface area contributed by atoms with Gasteiger partial charge in [0.25, 0.3) is 0 Å². The quantitative estimate of drug-likeness (QED) is 0.750. The van der Waals surface area contributed by atoms with E-state index in [1.807, 2.05) is 26.0 Å². The smallest absolute Gasteiger partial charge is 0.246 e. The Labute approximate surface area is 136 Å². The Kier molecular flexibility index (Phi) is 5.62. The van der Waals surface area contributed by atoms with Gasteiger partial charge in [-0.05, 0) is 37.6 Å². The molecule has 0 fully saturated rings. The molecule has 2 amide bonds. The molecule has 0 saturated carbocycles. The van der Waals surface area contributed by atoms with E-state index in [-0.39, 0.29) is 25.2 Å². The molecule has 0 atom stereocenters. The summed E-state index contributed by atoms with van der Waals surface area (Å²) in [4.78, 5) is 27.2. The predicted octanol–water partition coefficient (Wildman–Crippen LogP) is 1.76. The van der Waals surface area contributed by atoms with E-state index in [1.54, 1.807) is 24.1 Å². The Morgan fingerprint density at radius 2 is 1.87 bits per heavy atom. The van der Waals surface area contributed by atoms with Gasteiger partial charge in [0.1, 0.15) is 0 Å². The van der Waals surface area contributed by atoms with Crippen LogP contribution in [0.25, 0.3) is 6.08 Å². The van der Waals surface area contributed by atoms with Gasteiger partial charge in [-0.1, -0.05) is 6.07 Å². The molecule has 1 aliphatic heterocycles. The van der Waals surface area contributed by atoms with Gasteiger partial charge in [-0.15, -0.1) is 0 Å². The minimum atomic E-state index is -0.219. The third-order valence-corrected chi connectivity index (χ3v) is 3.68. The molecule has 2 rings (SSSR count). The fourth-order valence-corrected chi connectivity index (χ4v) is 2.27. The Balaban J connectivity index is 1.94. The van der Waals surface area contributed by atoms with Crippen molar-refractivity contribution in [1.29, 1.82) is 0 Å². The molecule has 0 bridgehead atoms. The van der Waals surface area contributed by atoms with Crippen LogP contribution in [0.1, 0.15) is 19.4 Å². The molecule has 1 aromatic carbocycles. The zero-order valence-corrected chi connectivity index (χ0v) is 13.7. The highest BCUT2D eigenvalue weighted by Crippen LogP contribution is 2.32. The van der Waals surface area contributed by atoms with Crippen molar-refractivity contribution >= 4 is 17.9 Å². The van der Waals surface area contributed by atoms with Gasteiger partial charge >= 0.3 is 0 Å². The molecule has 0 N–H and O–H groups in total. The van der Waals surface area contributed by atoms with Crippen LogP contribution in [0.2, 0.25) is 0 Å². The lowest BCUT2D eigenvalue weighted by molar-refractivity contribution is -0.136. The van der Waals surface area contributed by atoms with Gasteiger partial charge in [-0.3, -0.25) is 9.59 Å². The van der Waals surface area contributed by atoms with E-state index in [9.17, 15) is 9.59 Å². The Bertz CT molecular complexity index is 609. The number of rotatable bonds is 6. The van der Waals surface area contributed by atoms with Crippen molar-refractivity contribution in [3.63, 3.8) is 0 Å². The molecule has 0 aliphatic carbocycles. The highest BCUT2D eigenvalue weighted by atomic mass is 16.7. The molecular formula is C17H22N2O4. The average molecular weight is 318 g/mol. The number of hydrogen-bond donors (Lipinski definition) is 0. The van der Waals surface area contributed by atoms with Crippen LogP contribution in [0.4, 0.5) is 0 Å². The van der Waals surface area contributed by atoms with Crippen molar-refractivity contribution in [3.05, 3.63) is 29.8 Å². The fraction of sp³-hybridized carbons (Fsp3) is 0.412. The van der Waals surface area contributed by atoms with E-state index in [2.05, 4.69) is 0 Å². The first kappa shape index (κ1) is 16.9. The highest BCUT2D eigenvalue weighted by molar-refractivity contribution is 5.94. The van der Waals surface area contributed by atoms with Gasteiger partial charge in [0.2, 0.25) is 18.6 Å². The van der Waals surface area contributed by atoms with Crippen molar-refractivity contribution in [2.24, 2.45) is 0 Å². The maximum Gasteiger partial charge on any atom is 0.246 e. The van der Waals surface area contributed by atoms with E-state index < -0.39 is 0 Å². The Hall–Kier alpha value is -2.50. The number of hydrogen-bond acceptors (Lipinski definition) is 4. The molecular weight excluding hydrogens is 296 g/mol. The van der Waals surface area contributed by atoms with Gasteiger partial charge < -0.3 is 19.3 Å². The molecule has 124 valence electrons. The lowest BCUT2D eigenvalue weighted by Gasteiger charge is -2.22. The van der Waals surface area contributed by atoms with Crippen molar-refractivity contribution in [3.8, 4) is 11.5 Å². The number of amides is 2. The number of fused-ring (bicyclic) bond motifs is 1. The van der Waals surface area contributed by atoms with Crippen molar-refractivity contribution in [2.75, 3.05) is 33.5 Å². The van der Waals surface area contributed by atoms with E-state index in [0.717, 1.165) is 5.56 Å². The van der Waals surface area contributed by atoms with Crippen LogP contribution in [-0.2, 0) is 9.59 Å². The second kappa shape index (κ2) is 7.67. The number of carbonyl (C=O) groups excluding carboxylic acids is 2. The standard InChI is InChI=1S/C17H22N2O4/c1-4-19(5-2)17(21)11-18(3)16(20)9-7-13-6-8-14-15(10-13)23-12-22-14/h6-10H,4-5,11-12H2,1-3H3/b9-7+. The van der Waals surface area contributed by atoms with E-state index in [0.29, 0.717) is 24.6 Å². The maximum atomic E-state index is 12.1. The van der Waals surface area contributed by atoms with Crippen LogP contribution in [-0.4, -0.2) is 55.1 Å². The van der Waals surface area contributed by atoms with Crippen molar-refractivity contribution in [2.45, 2.75) is 13.8 Å². The van der Waals surface area contributed by atoms with E-state index in [4.69, 9.17) is 9.47 Å². The number of ether oxygens (including phenoxy) is 2. The van der Waals surface area contributed by atoms with Crippen LogP contribution >= 0.6 is 0 Å². The molecule has 0 radical (unpaired) electrons. The molecule has 1 aromatic rings. The lowest BCUT2D eigenvalue weighted by atomic mass is 10.2. The van der Waals surface area contributed by atoms with Gasteiger partial charge in [-0.25, -0.2) is 0 Å². The summed E-state index contributed by atoms with van der Waals surface area (Å²) < 4.78 is 10.5. The average Bonchev–Trinajstić information content (AvgIpc) is 3.01. The summed E-state index contributed by atoms with van der Waals surface area (Å²) in [7, 11) is 1.62. The number of likely N-dealkylation sites (N-methyl/N-ethyl adjacent to an activating group) is 2. The van der Waals surface area contributed by atoms with Gasteiger partial charge in [-0.2, -0.15) is 0 Å². The molecule has 0 aromatic heterocycles. The minimum Gasteiger partial charge on any atom is -0.454 e. The second-order valence-electron chi connectivity index (χ2n) is 5.21. The van der Waals surface area contributed by atoms with Crippen LogP contribution in [0.5, 0.6) is 11.5 Å². The van der Waals surface area contributed by atoms with Crippen LogP contribution in [0.3, 0.4) is 0 Å². The first-order chi connectivity index (χ1) is 11.0. The van der Waals surface area contributed by atoms with Gasteiger partial charge in [0.05, 0.1) is 6.54 Å². The molecule has 0 saturated heterocycles. The van der Waals surface area contributed by atoms with E-state index >= 15 is 0 Å². The summed E-state index contributed by atoms with van der Waals surface area (Å²) >= 11 is 0. The molecule has 6 heteroatoms. The zero-order chi connectivity index (χ0) is 16.8. The molecule has 0 unspecified atom stereocenters. The van der Waals surface area contributed by atoms with E-state index in [1.165, 1.54) is 11.0 Å². The summed E-state index contributed by atoms with van der Waals surface area (Å²) in [6, 6.07) is 5.46. The molecule has 1 heterocycles.